The molecule has 0 bridgehead atoms. The predicted octanol–water partition coefficient (Wildman–Crippen LogP) is 4.97. The number of carboxylic acids is 1. The molecular formula is C21H20Cl2N2O4. The normalized spacial score (nSPS) is 20.3. The number of amides is 1. The highest BCUT2D eigenvalue weighted by molar-refractivity contribution is 6.36. The van der Waals surface area contributed by atoms with Crippen LogP contribution in [-0.2, 0) is 20.0 Å². The Balaban J connectivity index is 2.29. The smallest absolute Gasteiger partial charge is 0.327 e. The van der Waals surface area contributed by atoms with E-state index in [1.807, 2.05) is 19.1 Å². The second-order valence-electron chi connectivity index (χ2n) is 6.60. The highest BCUT2D eigenvalue weighted by atomic mass is 35.5. The summed E-state index contributed by atoms with van der Waals surface area (Å²) in [6.45, 7) is 1.98. The molecule has 3 rings (SSSR count). The van der Waals surface area contributed by atoms with Crippen molar-refractivity contribution in [3.8, 4) is 0 Å². The molecular weight excluding hydrogens is 415 g/mol. The van der Waals surface area contributed by atoms with Crippen molar-refractivity contribution in [2.45, 2.75) is 24.8 Å². The number of anilines is 2. The van der Waals surface area contributed by atoms with E-state index < -0.39 is 17.4 Å². The lowest BCUT2D eigenvalue weighted by Crippen LogP contribution is -2.37. The number of hydrogen-bond donors (Lipinski definition) is 2. The van der Waals surface area contributed by atoms with Gasteiger partial charge in [-0.25, -0.2) is 4.79 Å². The number of hydrogen-bond acceptors (Lipinski definition) is 4. The molecule has 6 nitrogen and oxygen atoms in total. The number of nitrogens with one attached hydrogen (secondary N) is 1. The number of para-hydroxylation sites is 1. The molecule has 0 fully saturated rings. The molecule has 2 aromatic rings. The van der Waals surface area contributed by atoms with Crippen LogP contribution in [0.3, 0.4) is 0 Å². The molecule has 29 heavy (non-hydrogen) atoms. The van der Waals surface area contributed by atoms with E-state index >= 15 is 0 Å². The maximum atomic E-state index is 11.6. The third-order valence-corrected chi connectivity index (χ3v) is 5.73. The number of halogens is 2. The summed E-state index contributed by atoms with van der Waals surface area (Å²) in [6.07, 6.45) is 3.86. The van der Waals surface area contributed by atoms with Gasteiger partial charge in [-0.15, -0.1) is 0 Å². The van der Waals surface area contributed by atoms with Gasteiger partial charge in [0.1, 0.15) is 0 Å². The summed E-state index contributed by atoms with van der Waals surface area (Å²) in [5, 5.41) is 14.8. The Bertz CT molecular complexity index is 979. The summed E-state index contributed by atoms with van der Waals surface area (Å²) in [7, 11) is 1.40. The molecule has 2 unspecified atom stereocenters. The van der Waals surface area contributed by atoms with Crippen LogP contribution in [-0.4, -0.2) is 24.6 Å². The largest absolute Gasteiger partial charge is 0.478 e. The molecule has 1 heterocycles. The van der Waals surface area contributed by atoms with E-state index in [2.05, 4.69) is 5.32 Å². The summed E-state index contributed by atoms with van der Waals surface area (Å²) < 4.78 is 0. The number of carboxylic acid groups (broad SMARTS) is 1. The zero-order valence-corrected chi connectivity index (χ0v) is 17.4. The van der Waals surface area contributed by atoms with Crippen LogP contribution in [0.2, 0.25) is 10.0 Å². The SMILES string of the molecule is CCC1(c2ccccc2N(C=O)OC)Nc2cc(Cl)cc(Cl)c2C1C=CC(=O)O. The van der Waals surface area contributed by atoms with Crippen molar-refractivity contribution in [3.63, 3.8) is 0 Å². The summed E-state index contributed by atoms with van der Waals surface area (Å²) in [4.78, 5) is 28.0. The summed E-state index contributed by atoms with van der Waals surface area (Å²) in [5.41, 5.74) is 2.00. The molecule has 1 aliphatic heterocycles. The maximum Gasteiger partial charge on any atom is 0.327 e. The Labute approximate surface area is 178 Å². The number of fused-ring (bicyclic) bond motifs is 1. The Morgan fingerprint density at radius 1 is 1.34 bits per heavy atom. The number of carbonyl (C=O) groups is 2. The molecule has 152 valence electrons. The van der Waals surface area contributed by atoms with Crippen molar-refractivity contribution < 1.29 is 19.5 Å². The first-order valence-electron chi connectivity index (χ1n) is 8.94. The number of hydroxylamine groups is 1. The van der Waals surface area contributed by atoms with Crippen molar-refractivity contribution in [1.82, 2.24) is 0 Å². The second kappa shape index (κ2) is 8.45. The van der Waals surface area contributed by atoms with Crippen molar-refractivity contribution in [1.29, 1.82) is 0 Å². The molecule has 0 aliphatic carbocycles. The van der Waals surface area contributed by atoms with Gasteiger partial charge in [0.25, 0.3) is 0 Å². The van der Waals surface area contributed by atoms with E-state index in [1.54, 1.807) is 30.3 Å². The maximum absolute atomic E-state index is 11.6. The minimum Gasteiger partial charge on any atom is -0.478 e. The van der Waals surface area contributed by atoms with Crippen LogP contribution in [0.25, 0.3) is 0 Å². The lowest BCUT2D eigenvalue weighted by atomic mass is 9.74. The highest BCUT2D eigenvalue weighted by Crippen LogP contribution is 2.55. The molecule has 2 N–H and O–H groups in total. The van der Waals surface area contributed by atoms with E-state index in [0.717, 1.165) is 22.3 Å². The number of nitrogens with zero attached hydrogens (tertiary/aromatic N) is 1. The third-order valence-electron chi connectivity index (χ3n) is 5.20. The molecule has 0 radical (unpaired) electrons. The molecule has 1 amide bonds. The van der Waals surface area contributed by atoms with Gasteiger partial charge in [0.15, 0.2) is 0 Å². The van der Waals surface area contributed by atoms with Crippen molar-refractivity contribution in [2.24, 2.45) is 0 Å². The van der Waals surface area contributed by atoms with Gasteiger partial charge in [-0.3, -0.25) is 9.63 Å². The van der Waals surface area contributed by atoms with Gasteiger partial charge < -0.3 is 10.4 Å². The van der Waals surface area contributed by atoms with Gasteiger partial charge in [0, 0.05) is 38.9 Å². The van der Waals surface area contributed by atoms with Crippen LogP contribution >= 0.6 is 23.2 Å². The lowest BCUT2D eigenvalue weighted by molar-refractivity contribution is -0.131. The number of benzene rings is 2. The zero-order chi connectivity index (χ0) is 21.2. The van der Waals surface area contributed by atoms with Gasteiger partial charge in [-0.1, -0.05) is 54.4 Å². The van der Waals surface area contributed by atoms with Crippen LogP contribution in [0.1, 0.15) is 30.4 Å². The summed E-state index contributed by atoms with van der Waals surface area (Å²) >= 11 is 12.7. The van der Waals surface area contributed by atoms with E-state index in [1.165, 1.54) is 7.11 Å². The predicted molar refractivity (Wildman–Crippen MR) is 114 cm³/mol. The molecule has 0 spiro atoms. The molecule has 0 saturated carbocycles. The third kappa shape index (κ3) is 3.71. The first-order valence-corrected chi connectivity index (χ1v) is 9.70. The molecule has 8 heteroatoms. The van der Waals surface area contributed by atoms with Gasteiger partial charge in [0.05, 0.1) is 18.3 Å². The van der Waals surface area contributed by atoms with E-state index in [4.69, 9.17) is 28.0 Å². The standard InChI is InChI=1S/C21H20Cl2N2O4/c1-3-21(14-6-4-5-7-18(14)25(12-26)29-2)15(8-9-19(27)28)20-16(23)10-13(22)11-17(20)24-21/h4-12,15,24H,3H2,1-2H3,(H,27,28). The quantitative estimate of drug-likeness (QED) is 0.365. The minimum atomic E-state index is -1.06. The van der Waals surface area contributed by atoms with Gasteiger partial charge in [0.2, 0.25) is 6.41 Å². The summed E-state index contributed by atoms with van der Waals surface area (Å²) in [6, 6.07) is 10.7. The van der Waals surface area contributed by atoms with Gasteiger partial charge in [-0.05, 0) is 24.6 Å². The van der Waals surface area contributed by atoms with Crippen LogP contribution in [0.15, 0.2) is 48.6 Å². The Morgan fingerprint density at radius 2 is 2.07 bits per heavy atom. The zero-order valence-electron chi connectivity index (χ0n) is 15.9. The molecule has 2 aromatic carbocycles. The highest BCUT2D eigenvalue weighted by Gasteiger charge is 2.47. The first kappa shape index (κ1) is 21.2. The number of aliphatic carboxylic acids is 1. The fraction of sp³-hybridized carbons (Fsp3) is 0.238. The van der Waals surface area contributed by atoms with Crippen molar-refractivity contribution in [2.75, 3.05) is 17.5 Å². The Kier molecular flexibility index (Phi) is 6.17. The molecule has 0 saturated heterocycles. The van der Waals surface area contributed by atoms with E-state index in [9.17, 15) is 14.7 Å². The van der Waals surface area contributed by atoms with E-state index in [-0.39, 0.29) is 0 Å². The second-order valence-corrected chi connectivity index (χ2v) is 7.45. The Morgan fingerprint density at radius 3 is 2.69 bits per heavy atom. The first-order chi connectivity index (χ1) is 13.9. The number of carbonyl (C=O) groups excluding carboxylic acids is 1. The monoisotopic (exact) mass is 434 g/mol. The van der Waals surface area contributed by atoms with Crippen LogP contribution in [0, 0.1) is 0 Å². The molecule has 0 aromatic heterocycles. The summed E-state index contributed by atoms with van der Waals surface area (Å²) in [5.74, 6) is -1.48. The van der Waals surface area contributed by atoms with E-state index in [0.29, 0.717) is 34.3 Å². The average molecular weight is 435 g/mol. The van der Waals surface area contributed by atoms with Crippen molar-refractivity contribution >= 4 is 47.0 Å². The topological polar surface area (TPSA) is 78.9 Å². The van der Waals surface area contributed by atoms with Crippen LogP contribution < -0.4 is 10.4 Å². The fourth-order valence-electron chi connectivity index (χ4n) is 3.98. The molecule has 1 aliphatic rings. The lowest BCUT2D eigenvalue weighted by Gasteiger charge is -2.37. The average Bonchev–Trinajstić information content (AvgIpc) is 3.02. The fourth-order valence-corrected chi connectivity index (χ4v) is 4.59. The number of rotatable bonds is 7. The minimum absolute atomic E-state index is 0.421. The van der Waals surface area contributed by atoms with Gasteiger partial charge >= 0.3 is 5.97 Å². The Hall–Kier alpha value is -2.54. The van der Waals surface area contributed by atoms with Crippen LogP contribution in [0.5, 0.6) is 0 Å². The van der Waals surface area contributed by atoms with Crippen molar-refractivity contribution in [3.05, 3.63) is 69.7 Å². The molecule has 2 atom stereocenters. The van der Waals surface area contributed by atoms with Gasteiger partial charge in [-0.2, -0.15) is 5.06 Å². The van der Waals surface area contributed by atoms with Crippen LogP contribution in [0.4, 0.5) is 11.4 Å².